The Balaban J connectivity index is 1.31. The molecule has 6 rings (SSSR count). The van der Waals surface area contributed by atoms with E-state index in [1.54, 1.807) is 6.08 Å². The molecule has 0 spiro atoms. The smallest absolute Gasteiger partial charge is 0.255 e. The standard InChI is InChI=1S/C27H32N6O/c1-17-4-5-21-6-7-22(31-11-9-24-20(15-31)8-10-28-24)16-32(21)27(34)12-23(17)25-13-26-19(3)29-18(2)14-33(26)30-25/h5-7,12-14,16-17,20,24,28H,4,8-11,15H2,1-3H3. The first-order valence-corrected chi connectivity index (χ1v) is 12.4. The van der Waals surface area contributed by atoms with Crippen LogP contribution in [0.25, 0.3) is 11.1 Å². The minimum Gasteiger partial charge on any atom is -0.370 e. The minimum atomic E-state index is -0.0184. The molecule has 0 bridgehead atoms. The molecule has 2 aromatic rings. The third-order valence-electron chi connectivity index (χ3n) is 7.77. The summed E-state index contributed by atoms with van der Waals surface area (Å²) in [5.74, 6) is 0.868. The van der Waals surface area contributed by atoms with Crippen molar-refractivity contribution in [2.45, 2.75) is 46.1 Å². The summed E-state index contributed by atoms with van der Waals surface area (Å²) in [5.41, 5.74) is 6.76. The molecule has 4 aliphatic heterocycles. The number of nitrogens with one attached hydrogen (secondary N) is 1. The van der Waals surface area contributed by atoms with Crippen LogP contribution in [0.3, 0.4) is 0 Å². The number of carbonyl (C=O) groups is 1. The molecular weight excluding hydrogens is 424 g/mol. The van der Waals surface area contributed by atoms with E-state index in [-0.39, 0.29) is 11.8 Å². The predicted molar refractivity (Wildman–Crippen MR) is 132 cm³/mol. The molecule has 34 heavy (non-hydrogen) atoms. The maximum atomic E-state index is 13.5. The normalized spacial score (nSPS) is 27.1. The molecule has 0 aromatic carbocycles. The van der Waals surface area contributed by atoms with Gasteiger partial charge in [0.25, 0.3) is 5.91 Å². The SMILES string of the molecule is Cc1cn2nc(C3=CC(=O)N4C=C(N5CCC6NCCC6C5)C=CC4=CCC3C)cc2c(C)n1. The van der Waals surface area contributed by atoms with Crippen LogP contribution in [0, 0.1) is 25.7 Å². The number of likely N-dealkylation sites (tertiary alicyclic amines) is 1. The van der Waals surface area contributed by atoms with Crippen LogP contribution in [0.2, 0.25) is 0 Å². The van der Waals surface area contributed by atoms with Crippen LogP contribution in [0.15, 0.2) is 54.2 Å². The highest BCUT2D eigenvalue weighted by molar-refractivity contribution is 5.98. The van der Waals surface area contributed by atoms with Crippen LogP contribution in [0.5, 0.6) is 0 Å². The van der Waals surface area contributed by atoms with Crippen molar-refractivity contribution in [2.24, 2.45) is 11.8 Å². The molecule has 1 N–H and O–H groups in total. The number of aromatic nitrogens is 3. The quantitative estimate of drug-likeness (QED) is 0.748. The zero-order chi connectivity index (χ0) is 23.4. The Morgan fingerprint density at radius 1 is 1.15 bits per heavy atom. The molecule has 0 radical (unpaired) electrons. The van der Waals surface area contributed by atoms with Gasteiger partial charge < -0.3 is 10.2 Å². The van der Waals surface area contributed by atoms with E-state index in [0.717, 1.165) is 72.0 Å². The number of amides is 1. The Morgan fingerprint density at radius 2 is 2.00 bits per heavy atom. The van der Waals surface area contributed by atoms with Crippen LogP contribution < -0.4 is 5.32 Å². The lowest BCUT2D eigenvalue weighted by molar-refractivity contribution is -0.122. The van der Waals surface area contributed by atoms with E-state index >= 15 is 0 Å². The fourth-order valence-corrected chi connectivity index (χ4v) is 5.85. The molecular formula is C27H32N6O. The first kappa shape index (κ1) is 21.4. The predicted octanol–water partition coefficient (Wildman–Crippen LogP) is 3.58. The van der Waals surface area contributed by atoms with Gasteiger partial charge >= 0.3 is 0 Å². The number of piperidine rings is 1. The molecule has 0 aliphatic carbocycles. The molecule has 7 heteroatoms. The van der Waals surface area contributed by atoms with E-state index in [9.17, 15) is 4.79 Å². The fourth-order valence-electron chi connectivity index (χ4n) is 5.85. The molecule has 0 saturated carbocycles. The molecule has 176 valence electrons. The van der Waals surface area contributed by atoms with Crippen molar-refractivity contribution in [3.05, 3.63) is 71.2 Å². The Hall–Kier alpha value is -3.19. The second-order valence-electron chi connectivity index (χ2n) is 10.1. The Kier molecular flexibility index (Phi) is 5.17. The van der Waals surface area contributed by atoms with E-state index < -0.39 is 0 Å². The minimum absolute atomic E-state index is 0.0184. The van der Waals surface area contributed by atoms with Crippen LogP contribution in [0.4, 0.5) is 0 Å². The van der Waals surface area contributed by atoms with Gasteiger partial charge in [0, 0.05) is 37.1 Å². The molecule has 4 aliphatic rings. The van der Waals surface area contributed by atoms with E-state index in [1.165, 1.54) is 6.42 Å². The highest BCUT2D eigenvalue weighted by Gasteiger charge is 2.34. The van der Waals surface area contributed by atoms with Crippen molar-refractivity contribution >= 4 is 17.0 Å². The number of aryl methyl sites for hydroxylation is 2. The van der Waals surface area contributed by atoms with Crippen LogP contribution in [-0.4, -0.2) is 56.0 Å². The first-order chi connectivity index (χ1) is 16.5. The van der Waals surface area contributed by atoms with Crippen molar-refractivity contribution in [1.82, 2.24) is 29.7 Å². The van der Waals surface area contributed by atoms with Gasteiger partial charge in [0.2, 0.25) is 0 Å². The van der Waals surface area contributed by atoms with Gasteiger partial charge in [0.1, 0.15) is 0 Å². The lowest BCUT2D eigenvalue weighted by Gasteiger charge is -2.38. The molecule has 6 heterocycles. The molecule has 2 fully saturated rings. The Bertz CT molecular complexity index is 1280. The number of hydrogen-bond donors (Lipinski definition) is 1. The average molecular weight is 457 g/mol. The van der Waals surface area contributed by atoms with E-state index in [2.05, 4.69) is 46.4 Å². The summed E-state index contributed by atoms with van der Waals surface area (Å²) in [4.78, 5) is 22.4. The molecule has 7 nitrogen and oxygen atoms in total. The van der Waals surface area contributed by atoms with E-state index in [0.29, 0.717) is 12.0 Å². The van der Waals surface area contributed by atoms with Gasteiger partial charge in [-0.15, -0.1) is 0 Å². The third-order valence-corrected chi connectivity index (χ3v) is 7.77. The molecule has 2 saturated heterocycles. The molecule has 3 unspecified atom stereocenters. The Morgan fingerprint density at radius 3 is 2.88 bits per heavy atom. The summed E-state index contributed by atoms with van der Waals surface area (Å²) in [6, 6.07) is 2.71. The lowest BCUT2D eigenvalue weighted by Crippen LogP contribution is -2.44. The van der Waals surface area contributed by atoms with E-state index in [4.69, 9.17) is 5.10 Å². The Labute approximate surface area is 200 Å². The molecule has 2 aromatic heterocycles. The first-order valence-electron chi connectivity index (χ1n) is 12.4. The van der Waals surface area contributed by atoms with E-state index in [1.807, 2.05) is 35.7 Å². The third kappa shape index (κ3) is 3.68. The maximum absolute atomic E-state index is 13.5. The maximum Gasteiger partial charge on any atom is 0.255 e. The van der Waals surface area contributed by atoms with Gasteiger partial charge in [0.05, 0.1) is 34.5 Å². The number of rotatable bonds is 2. The van der Waals surface area contributed by atoms with Gasteiger partial charge in [-0.05, 0) is 75.3 Å². The number of fused-ring (bicyclic) bond motifs is 3. The summed E-state index contributed by atoms with van der Waals surface area (Å²) in [7, 11) is 0. The summed E-state index contributed by atoms with van der Waals surface area (Å²) in [5, 5.41) is 8.44. The molecule has 3 atom stereocenters. The van der Waals surface area contributed by atoms with Crippen molar-refractivity contribution in [3.63, 3.8) is 0 Å². The van der Waals surface area contributed by atoms with Gasteiger partial charge in [-0.3, -0.25) is 14.7 Å². The average Bonchev–Trinajstić information content (AvgIpc) is 3.46. The fraction of sp³-hybridized carbons (Fsp3) is 0.444. The summed E-state index contributed by atoms with van der Waals surface area (Å²) >= 11 is 0. The second-order valence-corrected chi connectivity index (χ2v) is 10.1. The van der Waals surface area contributed by atoms with Crippen LogP contribution in [-0.2, 0) is 4.79 Å². The number of allylic oxidation sites excluding steroid dienone is 4. The summed E-state index contributed by atoms with van der Waals surface area (Å²) in [6.45, 7) is 9.35. The zero-order valence-corrected chi connectivity index (χ0v) is 20.2. The zero-order valence-electron chi connectivity index (χ0n) is 20.2. The summed E-state index contributed by atoms with van der Waals surface area (Å²) < 4.78 is 1.88. The van der Waals surface area contributed by atoms with Crippen molar-refractivity contribution in [1.29, 1.82) is 0 Å². The van der Waals surface area contributed by atoms with Crippen molar-refractivity contribution in [3.8, 4) is 0 Å². The summed E-state index contributed by atoms with van der Waals surface area (Å²) in [6.07, 6.45) is 15.5. The highest BCUT2D eigenvalue weighted by atomic mass is 16.2. The largest absolute Gasteiger partial charge is 0.370 e. The number of nitrogens with zero attached hydrogens (tertiary/aromatic N) is 5. The van der Waals surface area contributed by atoms with Gasteiger partial charge in [0.15, 0.2) is 0 Å². The van der Waals surface area contributed by atoms with Gasteiger partial charge in [-0.1, -0.05) is 13.0 Å². The lowest BCUT2D eigenvalue weighted by atomic mass is 9.91. The number of hydrogen-bond acceptors (Lipinski definition) is 5. The second kappa shape index (κ2) is 8.24. The van der Waals surface area contributed by atoms with Crippen molar-refractivity contribution in [2.75, 3.05) is 19.6 Å². The monoisotopic (exact) mass is 456 g/mol. The number of carbonyl (C=O) groups excluding carboxylic acids is 1. The van der Waals surface area contributed by atoms with Crippen LogP contribution >= 0.6 is 0 Å². The van der Waals surface area contributed by atoms with Crippen molar-refractivity contribution < 1.29 is 4.79 Å². The van der Waals surface area contributed by atoms with Gasteiger partial charge in [-0.25, -0.2) is 4.52 Å². The van der Waals surface area contributed by atoms with Gasteiger partial charge in [-0.2, -0.15) is 5.10 Å². The topological polar surface area (TPSA) is 65.8 Å². The highest BCUT2D eigenvalue weighted by Crippen LogP contribution is 2.33. The van der Waals surface area contributed by atoms with Crippen LogP contribution in [0.1, 0.15) is 43.3 Å². The molecule has 1 amide bonds.